The highest BCUT2D eigenvalue weighted by atomic mass is 16.5. The molecule has 1 fully saturated rings. The smallest absolute Gasteiger partial charge is 0.252 e. The lowest BCUT2D eigenvalue weighted by molar-refractivity contribution is 0.0937. The molecule has 0 bridgehead atoms. The molecule has 2 aromatic carbocycles. The number of ether oxygens (including phenoxy) is 1. The molecule has 4 rings (SSSR count). The minimum Gasteiger partial charge on any atom is -0.497 e. The Morgan fingerprint density at radius 2 is 1.88 bits per heavy atom. The molecule has 0 aliphatic heterocycles. The third kappa shape index (κ3) is 3.27. The van der Waals surface area contributed by atoms with Gasteiger partial charge in [0, 0.05) is 17.0 Å². The predicted octanol–water partition coefficient (Wildman–Crippen LogP) is 4.44. The molecule has 1 saturated carbocycles. The van der Waals surface area contributed by atoms with Crippen LogP contribution in [0.4, 0.5) is 0 Å². The van der Waals surface area contributed by atoms with Gasteiger partial charge in [0.05, 0.1) is 23.9 Å². The fourth-order valence-electron chi connectivity index (χ4n) is 3.27. The second kappa shape index (κ2) is 6.79. The van der Waals surface area contributed by atoms with Crippen molar-refractivity contribution in [2.75, 3.05) is 7.11 Å². The maximum atomic E-state index is 12.9. The summed E-state index contributed by atoms with van der Waals surface area (Å²) in [4.78, 5) is 17.7. The molecule has 1 heterocycles. The van der Waals surface area contributed by atoms with Crippen LogP contribution in [-0.4, -0.2) is 24.0 Å². The number of nitrogens with one attached hydrogen (secondary N) is 1. The third-order valence-corrected chi connectivity index (χ3v) is 5.03. The Balaban J connectivity index is 1.75. The van der Waals surface area contributed by atoms with Crippen LogP contribution in [0.2, 0.25) is 0 Å². The molecule has 1 aliphatic rings. The predicted molar refractivity (Wildman–Crippen MR) is 103 cm³/mol. The summed E-state index contributed by atoms with van der Waals surface area (Å²) < 4.78 is 5.22. The zero-order chi connectivity index (χ0) is 18.1. The first-order valence-electron chi connectivity index (χ1n) is 9.01. The molecule has 4 nitrogen and oxygen atoms in total. The number of nitrogens with zero attached hydrogens (tertiary/aromatic N) is 1. The van der Waals surface area contributed by atoms with E-state index in [0.717, 1.165) is 27.9 Å². The molecule has 4 heteroatoms. The van der Waals surface area contributed by atoms with E-state index in [1.165, 1.54) is 12.8 Å². The Kier molecular flexibility index (Phi) is 4.33. The first-order chi connectivity index (χ1) is 12.7. The van der Waals surface area contributed by atoms with E-state index in [1.807, 2.05) is 54.6 Å². The number of carbonyl (C=O) groups is 1. The number of hydrogen-bond acceptors (Lipinski definition) is 3. The SMILES string of the molecule is COc1ccc(-c2cc(C(=O)NC(C)C3CC3)c3ccccc3n2)cc1. The quantitative estimate of drug-likeness (QED) is 0.743. The number of methoxy groups -OCH3 is 1. The third-order valence-electron chi connectivity index (χ3n) is 5.03. The summed E-state index contributed by atoms with van der Waals surface area (Å²) >= 11 is 0. The molecule has 3 aromatic rings. The van der Waals surface area contributed by atoms with Crippen LogP contribution in [0.3, 0.4) is 0 Å². The van der Waals surface area contributed by atoms with Crippen LogP contribution in [0.5, 0.6) is 5.75 Å². The second-order valence-corrected chi connectivity index (χ2v) is 6.90. The molecule has 0 saturated heterocycles. The molecule has 1 amide bonds. The number of para-hydroxylation sites is 1. The van der Waals surface area contributed by atoms with Gasteiger partial charge in [-0.25, -0.2) is 4.98 Å². The van der Waals surface area contributed by atoms with Crippen molar-refractivity contribution in [2.24, 2.45) is 5.92 Å². The summed E-state index contributed by atoms with van der Waals surface area (Å²) in [5.74, 6) is 1.39. The van der Waals surface area contributed by atoms with Crippen LogP contribution >= 0.6 is 0 Å². The van der Waals surface area contributed by atoms with Gasteiger partial charge in [0.25, 0.3) is 5.91 Å². The number of carbonyl (C=O) groups excluding carboxylic acids is 1. The lowest BCUT2D eigenvalue weighted by Crippen LogP contribution is -2.34. The van der Waals surface area contributed by atoms with Crippen molar-refractivity contribution in [3.05, 3.63) is 60.2 Å². The number of aromatic nitrogens is 1. The van der Waals surface area contributed by atoms with Gasteiger partial charge in [-0.1, -0.05) is 18.2 Å². The molecule has 1 N–H and O–H groups in total. The molecule has 132 valence electrons. The average molecular weight is 346 g/mol. The summed E-state index contributed by atoms with van der Waals surface area (Å²) in [6.07, 6.45) is 2.41. The van der Waals surface area contributed by atoms with Crippen molar-refractivity contribution in [2.45, 2.75) is 25.8 Å². The minimum absolute atomic E-state index is 0.0299. The minimum atomic E-state index is -0.0299. The van der Waals surface area contributed by atoms with Crippen molar-refractivity contribution in [1.82, 2.24) is 10.3 Å². The summed E-state index contributed by atoms with van der Waals surface area (Å²) in [6, 6.07) is 17.6. The lowest BCUT2D eigenvalue weighted by Gasteiger charge is -2.15. The van der Waals surface area contributed by atoms with E-state index in [-0.39, 0.29) is 11.9 Å². The summed E-state index contributed by atoms with van der Waals surface area (Å²) in [5, 5.41) is 4.04. The van der Waals surface area contributed by atoms with E-state index in [2.05, 4.69) is 12.2 Å². The zero-order valence-corrected chi connectivity index (χ0v) is 15.0. The normalized spacial score (nSPS) is 14.8. The van der Waals surface area contributed by atoms with Crippen molar-refractivity contribution >= 4 is 16.8 Å². The second-order valence-electron chi connectivity index (χ2n) is 6.90. The van der Waals surface area contributed by atoms with E-state index in [0.29, 0.717) is 11.5 Å². The van der Waals surface area contributed by atoms with E-state index in [9.17, 15) is 4.79 Å². The summed E-state index contributed by atoms with van der Waals surface area (Å²) in [5.41, 5.74) is 3.25. The van der Waals surface area contributed by atoms with Crippen LogP contribution in [0.15, 0.2) is 54.6 Å². The highest BCUT2D eigenvalue weighted by molar-refractivity contribution is 6.07. The Morgan fingerprint density at radius 1 is 1.15 bits per heavy atom. The van der Waals surface area contributed by atoms with Gasteiger partial charge in [-0.2, -0.15) is 0 Å². The Labute approximate surface area is 153 Å². The number of amides is 1. The van der Waals surface area contributed by atoms with Crippen molar-refractivity contribution in [3.8, 4) is 17.0 Å². The monoisotopic (exact) mass is 346 g/mol. The van der Waals surface area contributed by atoms with Crippen LogP contribution in [0, 0.1) is 5.92 Å². The van der Waals surface area contributed by atoms with Gasteiger partial charge in [0.2, 0.25) is 0 Å². The number of hydrogen-bond donors (Lipinski definition) is 1. The van der Waals surface area contributed by atoms with Crippen LogP contribution in [0.25, 0.3) is 22.2 Å². The number of benzene rings is 2. The Hall–Kier alpha value is -2.88. The van der Waals surface area contributed by atoms with Gasteiger partial charge in [0.1, 0.15) is 5.75 Å². The molecule has 26 heavy (non-hydrogen) atoms. The molecular weight excluding hydrogens is 324 g/mol. The van der Waals surface area contributed by atoms with Crippen molar-refractivity contribution in [1.29, 1.82) is 0 Å². The molecule has 1 atom stereocenters. The van der Waals surface area contributed by atoms with Gasteiger partial charge >= 0.3 is 0 Å². The van der Waals surface area contributed by atoms with Crippen molar-refractivity contribution < 1.29 is 9.53 Å². The molecule has 1 aliphatic carbocycles. The van der Waals surface area contributed by atoms with Crippen molar-refractivity contribution in [3.63, 3.8) is 0 Å². The fourth-order valence-corrected chi connectivity index (χ4v) is 3.27. The van der Waals surface area contributed by atoms with Gasteiger partial charge in [-0.05, 0) is 62.1 Å². The molecule has 1 aromatic heterocycles. The Morgan fingerprint density at radius 3 is 2.58 bits per heavy atom. The molecule has 0 radical (unpaired) electrons. The number of fused-ring (bicyclic) bond motifs is 1. The Bertz CT molecular complexity index is 946. The van der Waals surface area contributed by atoms with Crippen LogP contribution in [-0.2, 0) is 0 Å². The van der Waals surface area contributed by atoms with Crippen LogP contribution < -0.4 is 10.1 Å². The van der Waals surface area contributed by atoms with E-state index >= 15 is 0 Å². The molecule has 1 unspecified atom stereocenters. The maximum Gasteiger partial charge on any atom is 0.252 e. The van der Waals surface area contributed by atoms with Gasteiger partial charge in [-0.15, -0.1) is 0 Å². The largest absolute Gasteiger partial charge is 0.497 e. The highest BCUT2D eigenvalue weighted by Gasteiger charge is 2.29. The van der Waals surface area contributed by atoms with Gasteiger partial charge < -0.3 is 10.1 Å². The van der Waals surface area contributed by atoms with Crippen LogP contribution in [0.1, 0.15) is 30.1 Å². The maximum absolute atomic E-state index is 12.9. The highest BCUT2D eigenvalue weighted by Crippen LogP contribution is 2.33. The van der Waals surface area contributed by atoms with E-state index in [4.69, 9.17) is 9.72 Å². The zero-order valence-electron chi connectivity index (χ0n) is 15.0. The van der Waals surface area contributed by atoms with E-state index in [1.54, 1.807) is 7.11 Å². The van der Waals surface area contributed by atoms with E-state index < -0.39 is 0 Å². The lowest BCUT2D eigenvalue weighted by atomic mass is 10.0. The van der Waals surface area contributed by atoms with Gasteiger partial charge in [-0.3, -0.25) is 4.79 Å². The molecular formula is C22H22N2O2. The number of rotatable bonds is 5. The van der Waals surface area contributed by atoms with Gasteiger partial charge in [0.15, 0.2) is 0 Å². The first-order valence-corrected chi connectivity index (χ1v) is 9.01. The average Bonchev–Trinajstić information content (AvgIpc) is 3.52. The summed E-state index contributed by atoms with van der Waals surface area (Å²) in [7, 11) is 1.65. The first kappa shape index (κ1) is 16.6. The topological polar surface area (TPSA) is 51.2 Å². The summed E-state index contributed by atoms with van der Waals surface area (Å²) in [6.45, 7) is 2.09. The standard InChI is InChI=1S/C22H22N2O2/c1-14(15-7-8-15)23-22(25)19-13-21(16-9-11-17(26-2)12-10-16)24-20-6-4-3-5-18(19)20/h3-6,9-15H,7-8H2,1-2H3,(H,23,25). The number of pyridine rings is 1. The fraction of sp³-hybridized carbons (Fsp3) is 0.273. The molecule has 0 spiro atoms.